The lowest BCUT2D eigenvalue weighted by molar-refractivity contribution is -0.133. The lowest BCUT2D eigenvalue weighted by Gasteiger charge is -2.21. The highest BCUT2D eigenvalue weighted by molar-refractivity contribution is 6.31. The van der Waals surface area contributed by atoms with Gasteiger partial charge in [0.25, 0.3) is 5.91 Å². The van der Waals surface area contributed by atoms with Gasteiger partial charge in [-0.2, -0.15) is 0 Å². The van der Waals surface area contributed by atoms with Gasteiger partial charge in [0, 0.05) is 30.2 Å². The number of nitrogens with zero attached hydrogens (tertiary/aromatic N) is 1. The van der Waals surface area contributed by atoms with Gasteiger partial charge in [-0.1, -0.05) is 17.7 Å². The average molecular weight is 271 g/mol. The van der Waals surface area contributed by atoms with Crippen molar-refractivity contribution in [2.24, 2.45) is 5.73 Å². The van der Waals surface area contributed by atoms with Crippen molar-refractivity contribution >= 4 is 17.5 Å². The third kappa shape index (κ3) is 3.62. The number of ether oxygens (including phenoxy) is 1. The van der Waals surface area contributed by atoms with Crippen molar-refractivity contribution in [3.63, 3.8) is 0 Å². The quantitative estimate of drug-likeness (QED) is 0.891. The number of nitrogens with two attached hydrogens (primary N) is 1. The van der Waals surface area contributed by atoms with Crippen LogP contribution in [-0.2, 0) is 11.3 Å². The maximum Gasteiger partial charge on any atom is 0.260 e. The van der Waals surface area contributed by atoms with E-state index in [0.29, 0.717) is 10.8 Å². The predicted molar refractivity (Wildman–Crippen MR) is 72.7 cm³/mol. The molecule has 0 saturated carbocycles. The molecular weight excluding hydrogens is 252 g/mol. The van der Waals surface area contributed by atoms with Crippen LogP contribution in [0.4, 0.5) is 0 Å². The smallest absolute Gasteiger partial charge is 0.260 e. The maximum atomic E-state index is 11.8. The highest BCUT2D eigenvalue weighted by Crippen LogP contribution is 2.25. The fourth-order valence-electron chi connectivity index (χ4n) is 1.40. The summed E-state index contributed by atoms with van der Waals surface area (Å²) in [5.74, 6) is 0.489. The Balaban J connectivity index is 2.69. The second-order valence-electron chi connectivity index (χ2n) is 4.31. The van der Waals surface area contributed by atoms with Gasteiger partial charge in [0.1, 0.15) is 5.75 Å². The minimum Gasteiger partial charge on any atom is -0.483 e. The van der Waals surface area contributed by atoms with Crippen molar-refractivity contribution < 1.29 is 9.53 Å². The van der Waals surface area contributed by atoms with E-state index < -0.39 is 0 Å². The SMILES string of the molecule is CC(C)N(C)C(=O)COc1cccc(Cl)c1CN. The van der Waals surface area contributed by atoms with Crippen LogP contribution in [0.2, 0.25) is 5.02 Å². The number of hydrogen-bond acceptors (Lipinski definition) is 3. The van der Waals surface area contributed by atoms with Crippen molar-refractivity contribution in [2.45, 2.75) is 26.4 Å². The first-order valence-electron chi connectivity index (χ1n) is 5.83. The van der Waals surface area contributed by atoms with E-state index in [1.54, 1.807) is 30.1 Å². The molecule has 0 aromatic heterocycles. The van der Waals surface area contributed by atoms with Gasteiger partial charge < -0.3 is 15.4 Å². The molecule has 0 spiro atoms. The molecule has 100 valence electrons. The van der Waals surface area contributed by atoms with Crippen LogP contribution in [0.3, 0.4) is 0 Å². The first kappa shape index (κ1) is 14.8. The van der Waals surface area contributed by atoms with Crippen molar-refractivity contribution in [3.05, 3.63) is 28.8 Å². The van der Waals surface area contributed by atoms with E-state index in [1.807, 2.05) is 13.8 Å². The third-order valence-corrected chi connectivity index (χ3v) is 3.15. The molecule has 0 aliphatic heterocycles. The number of carbonyl (C=O) groups is 1. The molecule has 0 aliphatic carbocycles. The van der Waals surface area contributed by atoms with E-state index in [4.69, 9.17) is 22.1 Å². The third-order valence-electron chi connectivity index (χ3n) is 2.80. The Labute approximate surface area is 113 Å². The van der Waals surface area contributed by atoms with Crippen molar-refractivity contribution in [1.29, 1.82) is 0 Å². The highest BCUT2D eigenvalue weighted by atomic mass is 35.5. The normalized spacial score (nSPS) is 10.6. The lowest BCUT2D eigenvalue weighted by atomic mass is 10.2. The number of amides is 1. The van der Waals surface area contributed by atoms with Gasteiger partial charge in [-0.3, -0.25) is 4.79 Å². The minimum atomic E-state index is -0.0760. The van der Waals surface area contributed by atoms with Crippen LogP contribution >= 0.6 is 11.6 Å². The molecule has 0 aliphatic rings. The number of hydrogen-bond donors (Lipinski definition) is 1. The van der Waals surface area contributed by atoms with E-state index in [-0.39, 0.29) is 25.1 Å². The van der Waals surface area contributed by atoms with Crippen LogP contribution in [0.25, 0.3) is 0 Å². The number of rotatable bonds is 5. The Kier molecular flexibility index (Phi) is 5.44. The van der Waals surface area contributed by atoms with Crippen LogP contribution in [0.1, 0.15) is 19.4 Å². The van der Waals surface area contributed by atoms with E-state index in [0.717, 1.165) is 5.56 Å². The monoisotopic (exact) mass is 270 g/mol. The molecule has 4 nitrogen and oxygen atoms in total. The number of halogens is 1. The summed E-state index contributed by atoms with van der Waals surface area (Å²) in [4.78, 5) is 13.4. The molecule has 5 heteroatoms. The van der Waals surface area contributed by atoms with Crippen molar-refractivity contribution in [2.75, 3.05) is 13.7 Å². The van der Waals surface area contributed by atoms with E-state index in [1.165, 1.54) is 0 Å². The van der Waals surface area contributed by atoms with Crippen LogP contribution < -0.4 is 10.5 Å². The van der Waals surface area contributed by atoms with Gasteiger partial charge in [-0.25, -0.2) is 0 Å². The highest BCUT2D eigenvalue weighted by Gasteiger charge is 2.14. The lowest BCUT2D eigenvalue weighted by Crippen LogP contribution is -2.36. The molecular formula is C13H19ClN2O2. The van der Waals surface area contributed by atoms with Crippen LogP contribution in [-0.4, -0.2) is 30.5 Å². The first-order chi connectivity index (χ1) is 8.47. The van der Waals surface area contributed by atoms with Gasteiger partial charge >= 0.3 is 0 Å². The Bertz CT molecular complexity index is 421. The first-order valence-corrected chi connectivity index (χ1v) is 6.21. The molecule has 0 radical (unpaired) electrons. The Hall–Kier alpha value is -1.26. The predicted octanol–water partition coefficient (Wildman–Crippen LogP) is 2.04. The summed E-state index contributed by atoms with van der Waals surface area (Å²) in [6.45, 7) is 4.16. The zero-order valence-electron chi connectivity index (χ0n) is 10.9. The molecule has 0 unspecified atom stereocenters. The summed E-state index contributed by atoms with van der Waals surface area (Å²) in [6.07, 6.45) is 0. The summed E-state index contributed by atoms with van der Waals surface area (Å²) >= 11 is 6.00. The molecule has 18 heavy (non-hydrogen) atoms. The fourth-order valence-corrected chi connectivity index (χ4v) is 1.64. The molecule has 0 fully saturated rings. The zero-order chi connectivity index (χ0) is 13.7. The van der Waals surface area contributed by atoms with E-state index in [2.05, 4.69) is 0 Å². The summed E-state index contributed by atoms with van der Waals surface area (Å²) in [7, 11) is 1.75. The summed E-state index contributed by atoms with van der Waals surface area (Å²) in [6, 6.07) is 5.43. The fraction of sp³-hybridized carbons (Fsp3) is 0.462. The molecule has 1 amide bonds. The maximum absolute atomic E-state index is 11.8. The van der Waals surface area contributed by atoms with Gasteiger partial charge in [0.2, 0.25) is 0 Å². The Morgan fingerprint density at radius 1 is 1.50 bits per heavy atom. The number of carbonyl (C=O) groups excluding carboxylic acids is 1. The van der Waals surface area contributed by atoms with E-state index in [9.17, 15) is 4.79 Å². The van der Waals surface area contributed by atoms with Gasteiger partial charge in [0.15, 0.2) is 6.61 Å². The Morgan fingerprint density at radius 2 is 2.17 bits per heavy atom. The zero-order valence-corrected chi connectivity index (χ0v) is 11.7. The molecule has 1 rings (SSSR count). The molecule has 2 N–H and O–H groups in total. The van der Waals surface area contributed by atoms with E-state index >= 15 is 0 Å². The number of benzene rings is 1. The standard InChI is InChI=1S/C13H19ClN2O2/c1-9(2)16(3)13(17)8-18-12-6-4-5-11(14)10(12)7-15/h4-6,9H,7-8,15H2,1-3H3. The molecule has 0 heterocycles. The van der Waals surface area contributed by atoms with Crippen molar-refractivity contribution in [1.82, 2.24) is 4.90 Å². The summed E-state index contributed by atoms with van der Waals surface area (Å²) in [5, 5.41) is 0.555. The van der Waals surface area contributed by atoms with Gasteiger partial charge in [-0.05, 0) is 26.0 Å². The topological polar surface area (TPSA) is 55.6 Å². The minimum absolute atomic E-state index is 0.0119. The van der Waals surface area contributed by atoms with Crippen LogP contribution in [0.5, 0.6) is 5.75 Å². The van der Waals surface area contributed by atoms with Crippen LogP contribution in [0, 0.1) is 0 Å². The van der Waals surface area contributed by atoms with Gasteiger partial charge in [0.05, 0.1) is 0 Å². The molecule has 0 bridgehead atoms. The molecule has 1 aromatic carbocycles. The van der Waals surface area contributed by atoms with Crippen LogP contribution in [0.15, 0.2) is 18.2 Å². The summed E-state index contributed by atoms with van der Waals surface area (Å²) < 4.78 is 5.49. The largest absolute Gasteiger partial charge is 0.483 e. The second kappa shape index (κ2) is 6.61. The molecule has 1 aromatic rings. The second-order valence-corrected chi connectivity index (χ2v) is 4.71. The molecule has 0 saturated heterocycles. The average Bonchev–Trinajstić information content (AvgIpc) is 2.34. The molecule has 0 atom stereocenters. The van der Waals surface area contributed by atoms with Crippen molar-refractivity contribution in [3.8, 4) is 5.75 Å². The Morgan fingerprint density at radius 3 is 2.72 bits per heavy atom. The van der Waals surface area contributed by atoms with Gasteiger partial charge in [-0.15, -0.1) is 0 Å². The number of likely N-dealkylation sites (N-methyl/N-ethyl adjacent to an activating group) is 1. The summed E-state index contributed by atoms with van der Waals surface area (Å²) in [5.41, 5.74) is 6.33.